The molecule has 7 nitrogen and oxygen atoms in total. The van der Waals surface area contributed by atoms with E-state index in [1.807, 2.05) is 30.3 Å². The minimum absolute atomic E-state index is 0.0487. The van der Waals surface area contributed by atoms with Gasteiger partial charge >= 0.3 is 0 Å². The van der Waals surface area contributed by atoms with Crippen molar-refractivity contribution >= 4 is 33.3 Å². The zero-order chi connectivity index (χ0) is 18.3. The van der Waals surface area contributed by atoms with Crippen LogP contribution in [0.3, 0.4) is 0 Å². The highest BCUT2D eigenvalue weighted by molar-refractivity contribution is 7.89. The molecule has 3 N–H and O–H groups in total. The highest BCUT2D eigenvalue weighted by Crippen LogP contribution is 2.19. The van der Waals surface area contributed by atoms with E-state index in [4.69, 9.17) is 12.2 Å². The van der Waals surface area contributed by atoms with Crippen molar-refractivity contribution in [3.63, 3.8) is 0 Å². The second-order valence-corrected chi connectivity index (χ2v) is 8.55. The van der Waals surface area contributed by atoms with Gasteiger partial charge in [0, 0.05) is 19.6 Å². The van der Waals surface area contributed by atoms with Crippen molar-refractivity contribution in [2.45, 2.75) is 26.3 Å². The Bertz CT molecular complexity index is 695. The highest BCUT2D eigenvalue weighted by Gasteiger charge is 2.31. The zero-order valence-corrected chi connectivity index (χ0v) is 15.8. The van der Waals surface area contributed by atoms with E-state index >= 15 is 0 Å². The van der Waals surface area contributed by atoms with Crippen LogP contribution in [0, 0.1) is 5.92 Å². The first-order valence-corrected chi connectivity index (χ1v) is 10.3. The minimum atomic E-state index is -3.26. The number of carbonyl (C=O) groups is 1. The van der Waals surface area contributed by atoms with E-state index in [-0.39, 0.29) is 24.1 Å². The summed E-state index contributed by atoms with van der Waals surface area (Å²) < 4.78 is 25.3. The van der Waals surface area contributed by atoms with Gasteiger partial charge < -0.3 is 5.32 Å². The van der Waals surface area contributed by atoms with Crippen LogP contribution in [0.4, 0.5) is 0 Å². The molecule has 138 valence electrons. The molecule has 1 aliphatic rings. The molecule has 0 aromatic heterocycles. The molecule has 1 saturated heterocycles. The number of nitrogens with zero attached hydrogens (tertiary/aromatic N) is 1. The molecular weight excluding hydrogens is 360 g/mol. The van der Waals surface area contributed by atoms with Crippen LogP contribution in [0.5, 0.6) is 0 Å². The Kier molecular flexibility index (Phi) is 7.15. The van der Waals surface area contributed by atoms with Crippen molar-refractivity contribution in [2.24, 2.45) is 5.92 Å². The van der Waals surface area contributed by atoms with Crippen LogP contribution in [0.15, 0.2) is 30.3 Å². The van der Waals surface area contributed by atoms with E-state index in [1.165, 1.54) is 4.31 Å². The van der Waals surface area contributed by atoms with Crippen LogP contribution in [0.1, 0.15) is 25.3 Å². The molecular formula is C16H24N4O3S2. The van der Waals surface area contributed by atoms with E-state index in [0.717, 1.165) is 5.56 Å². The van der Waals surface area contributed by atoms with Crippen LogP contribution >= 0.6 is 12.2 Å². The van der Waals surface area contributed by atoms with E-state index in [0.29, 0.717) is 31.0 Å². The van der Waals surface area contributed by atoms with Gasteiger partial charge in [-0.05, 0) is 37.5 Å². The molecule has 0 aliphatic carbocycles. The number of sulfonamides is 1. The summed E-state index contributed by atoms with van der Waals surface area (Å²) in [6.45, 7) is 2.85. The maximum absolute atomic E-state index is 12.3. The average Bonchev–Trinajstić information content (AvgIpc) is 2.65. The van der Waals surface area contributed by atoms with Crippen molar-refractivity contribution in [3.8, 4) is 0 Å². The lowest BCUT2D eigenvalue weighted by atomic mass is 9.99. The SMILES string of the molecule is CCS(=O)(=O)N1CCC[C@@H](C(=O)NNC(=S)NCc2ccccc2)C1. The number of nitrogens with one attached hydrogen (secondary N) is 3. The summed E-state index contributed by atoms with van der Waals surface area (Å²) in [6.07, 6.45) is 1.33. The molecule has 1 aromatic carbocycles. The molecule has 0 radical (unpaired) electrons. The Labute approximate surface area is 154 Å². The highest BCUT2D eigenvalue weighted by atomic mass is 32.2. The third kappa shape index (κ3) is 5.94. The smallest absolute Gasteiger partial charge is 0.242 e. The second kappa shape index (κ2) is 9.12. The van der Waals surface area contributed by atoms with E-state index in [1.54, 1.807) is 6.92 Å². The van der Waals surface area contributed by atoms with Crippen molar-refractivity contribution in [2.75, 3.05) is 18.8 Å². The van der Waals surface area contributed by atoms with Crippen LogP contribution in [0.2, 0.25) is 0 Å². The fourth-order valence-electron chi connectivity index (χ4n) is 2.63. The maximum Gasteiger partial charge on any atom is 0.242 e. The Balaban J connectivity index is 1.76. The largest absolute Gasteiger partial charge is 0.357 e. The van der Waals surface area contributed by atoms with Gasteiger partial charge in [0.2, 0.25) is 15.9 Å². The third-order valence-electron chi connectivity index (χ3n) is 4.11. The van der Waals surface area contributed by atoms with Crippen LogP contribution in [-0.4, -0.2) is 42.6 Å². The number of benzene rings is 1. The van der Waals surface area contributed by atoms with Crippen LogP contribution in [-0.2, 0) is 21.4 Å². The normalized spacial score (nSPS) is 18.4. The van der Waals surface area contributed by atoms with Crippen molar-refractivity contribution < 1.29 is 13.2 Å². The van der Waals surface area contributed by atoms with Gasteiger partial charge in [-0.1, -0.05) is 30.3 Å². The van der Waals surface area contributed by atoms with Gasteiger partial charge in [-0.25, -0.2) is 12.7 Å². The molecule has 0 bridgehead atoms. The first kappa shape index (κ1) is 19.6. The van der Waals surface area contributed by atoms with Crippen molar-refractivity contribution in [1.82, 2.24) is 20.5 Å². The number of thiocarbonyl (C=S) groups is 1. The van der Waals surface area contributed by atoms with Gasteiger partial charge in [-0.15, -0.1) is 0 Å². The van der Waals surface area contributed by atoms with Crippen molar-refractivity contribution in [1.29, 1.82) is 0 Å². The van der Waals surface area contributed by atoms with Crippen LogP contribution < -0.4 is 16.2 Å². The average molecular weight is 385 g/mol. The Morgan fingerprint density at radius 3 is 2.68 bits per heavy atom. The summed E-state index contributed by atoms with van der Waals surface area (Å²) in [6, 6.07) is 9.76. The van der Waals surface area contributed by atoms with Gasteiger partial charge in [0.15, 0.2) is 5.11 Å². The minimum Gasteiger partial charge on any atom is -0.357 e. The number of carbonyl (C=O) groups excluding carboxylic acids is 1. The molecule has 1 fully saturated rings. The van der Waals surface area contributed by atoms with E-state index in [9.17, 15) is 13.2 Å². The molecule has 1 aromatic rings. The lowest BCUT2D eigenvalue weighted by Crippen LogP contribution is -2.52. The summed E-state index contributed by atoms with van der Waals surface area (Å²) in [4.78, 5) is 12.3. The van der Waals surface area contributed by atoms with Gasteiger partial charge in [0.25, 0.3) is 0 Å². The number of hydrazine groups is 1. The molecule has 1 heterocycles. The molecule has 1 amide bonds. The van der Waals surface area contributed by atoms with Gasteiger partial charge in [0.05, 0.1) is 11.7 Å². The van der Waals surface area contributed by atoms with E-state index in [2.05, 4.69) is 16.2 Å². The molecule has 0 unspecified atom stereocenters. The zero-order valence-electron chi connectivity index (χ0n) is 14.2. The maximum atomic E-state index is 12.3. The fraction of sp³-hybridized carbons (Fsp3) is 0.500. The molecule has 2 rings (SSSR count). The van der Waals surface area contributed by atoms with Gasteiger partial charge in [-0.2, -0.15) is 0 Å². The molecule has 1 aliphatic heterocycles. The summed E-state index contributed by atoms with van der Waals surface area (Å²) >= 11 is 5.13. The quantitative estimate of drug-likeness (QED) is 0.513. The topological polar surface area (TPSA) is 90.5 Å². The molecule has 25 heavy (non-hydrogen) atoms. The van der Waals surface area contributed by atoms with Crippen molar-refractivity contribution in [3.05, 3.63) is 35.9 Å². The summed E-state index contributed by atoms with van der Waals surface area (Å²) in [5.41, 5.74) is 6.31. The lowest BCUT2D eigenvalue weighted by molar-refractivity contribution is -0.126. The van der Waals surface area contributed by atoms with Gasteiger partial charge in [0.1, 0.15) is 0 Å². The Morgan fingerprint density at radius 2 is 2.00 bits per heavy atom. The summed E-state index contributed by atoms with van der Waals surface area (Å²) in [5.74, 6) is -0.577. The molecule has 1 atom stereocenters. The first-order valence-electron chi connectivity index (χ1n) is 8.28. The Morgan fingerprint density at radius 1 is 1.28 bits per heavy atom. The molecule has 9 heteroatoms. The van der Waals surface area contributed by atoms with Gasteiger partial charge in [-0.3, -0.25) is 15.6 Å². The number of rotatable bonds is 5. The summed E-state index contributed by atoms with van der Waals surface area (Å²) in [5, 5.41) is 3.31. The predicted molar refractivity (Wildman–Crippen MR) is 101 cm³/mol. The van der Waals surface area contributed by atoms with Crippen LogP contribution in [0.25, 0.3) is 0 Å². The number of hydrogen-bond acceptors (Lipinski definition) is 4. The predicted octanol–water partition coefficient (Wildman–Crippen LogP) is 0.744. The second-order valence-electron chi connectivity index (χ2n) is 5.88. The van der Waals surface area contributed by atoms with E-state index < -0.39 is 10.0 Å². The third-order valence-corrected chi connectivity index (χ3v) is 6.20. The standard InChI is InChI=1S/C16H24N4O3S2/c1-2-25(22,23)20-10-6-9-14(12-20)15(21)18-19-16(24)17-11-13-7-4-3-5-8-13/h3-5,7-8,14H,2,6,9-12H2,1H3,(H,18,21)(H2,17,19,24)/t14-/m1/s1. The lowest BCUT2D eigenvalue weighted by Gasteiger charge is -2.30. The molecule has 0 spiro atoms. The fourth-order valence-corrected chi connectivity index (χ4v) is 3.94. The molecule has 0 saturated carbocycles. The number of piperidine rings is 1. The first-order chi connectivity index (χ1) is 11.9. The Hall–Kier alpha value is -1.71. The monoisotopic (exact) mass is 384 g/mol. The number of amides is 1. The number of hydrogen-bond donors (Lipinski definition) is 3. The summed E-state index contributed by atoms with van der Waals surface area (Å²) in [7, 11) is -3.26.